The average molecular weight is 502 g/mol. The molecule has 0 spiro atoms. The first-order chi connectivity index (χ1) is 17.2. The maximum Gasteiger partial charge on any atom is 0.418 e. The highest BCUT2D eigenvalue weighted by Crippen LogP contribution is 2.38. The van der Waals surface area contributed by atoms with Crippen LogP contribution in [-0.2, 0) is 12.6 Å². The summed E-state index contributed by atoms with van der Waals surface area (Å²) >= 11 is 0. The lowest BCUT2D eigenvalue weighted by Gasteiger charge is -2.22. The minimum absolute atomic E-state index is 0.219. The maximum absolute atomic E-state index is 14.1. The number of aliphatic hydroxyl groups excluding tert-OH is 1. The number of β-amino-alcohol motifs (C(OH)–C–C–N with tert-alkyl or cyclic N) is 1. The summed E-state index contributed by atoms with van der Waals surface area (Å²) in [6.45, 7) is 1.25. The van der Waals surface area contributed by atoms with Crippen molar-refractivity contribution in [2.45, 2.75) is 25.1 Å². The van der Waals surface area contributed by atoms with Gasteiger partial charge in [-0.05, 0) is 43.2 Å². The molecule has 0 amide bonds. The van der Waals surface area contributed by atoms with E-state index < -0.39 is 23.4 Å². The molecule has 2 aliphatic rings. The standard InChI is InChI=1S/C25H25F3N4O4/c1-35-17-9-14(10-18(12-17)36-2)22-19-5-7-29-23(19)24(34)32(30-22)21-11-15(31-8-6-16(33)13-31)3-4-20(21)25(26,27)28/h3-4,9-12,16,29,33H,5-8,13H2,1-2H3. The van der Waals surface area contributed by atoms with Gasteiger partial charge >= 0.3 is 6.18 Å². The van der Waals surface area contributed by atoms with Crippen LogP contribution in [0.2, 0.25) is 0 Å². The van der Waals surface area contributed by atoms with Gasteiger partial charge in [-0.2, -0.15) is 23.0 Å². The van der Waals surface area contributed by atoms with Crippen LogP contribution in [-0.4, -0.2) is 54.8 Å². The first-order valence-corrected chi connectivity index (χ1v) is 11.5. The molecule has 2 aliphatic heterocycles. The third-order valence-corrected chi connectivity index (χ3v) is 6.54. The molecule has 1 fully saturated rings. The van der Waals surface area contributed by atoms with Crippen LogP contribution in [0.3, 0.4) is 0 Å². The van der Waals surface area contributed by atoms with Crippen molar-refractivity contribution in [1.29, 1.82) is 0 Å². The molecular formula is C25H25F3N4O4. The van der Waals surface area contributed by atoms with Crippen LogP contribution in [0.4, 0.5) is 24.5 Å². The summed E-state index contributed by atoms with van der Waals surface area (Å²) in [5.74, 6) is 0.961. The van der Waals surface area contributed by atoms with E-state index in [0.717, 1.165) is 10.7 Å². The Hall–Kier alpha value is -3.73. The molecule has 36 heavy (non-hydrogen) atoms. The second kappa shape index (κ2) is 9.05. The van der Waals surface area contributed by atoms with Crippen molar-refractivity contribution in [2.24, 2.45) is 0 Å². The summed E-state index contributed by atoms with van der Waals surface area (Å²) in [5, 5.41) is 17.4. The molecule has 0 radical (unpaired) electrons. The molecule has 8 nitrogen and oxygen atoms in total. The minimum atomic E-state index is -4.72. The highest BCUT2D eigenvalue weighted by Gasteiger charge is 2.36. The number of fused-ring (bicyclic) bond motifs is 1. The number of ether oxygens (including phenoxy) is 2. The summed E-state index contributed by atoms with van der Waals surface area (Å²) in [6, 6.07) is 8.70. The van der Waals surface area contributed by atoms with Gasteiger partial charge in [0.15, 0.2) is 0 Å². The van der Waals surface area contributed by atoms with Crippen LogP contribution >= 0.6 is 0 Å². The van der Waals surface area contributed by atoms with Crippen LogP contribution in [0.5, 0.6) is 11.5 Å². The number of anilines is 2. The molecule has 1 atom stereocenters. The van der Waals surface area contributed by atoms with Crippen LogP contribution in [0, 0.1) is 0 Å². The van der Waals surface area contributed by atoms with Crippen molar-refractivity contribution in [1.82, 2.24) is 9.78 Å². The Balaban J connectivity index is 1.75. The molecule has 1 saturated heterocycles. The van der Waals surface area contributed by atoms with Crippen molar-refractivity contribution in [3.05, 3.63) is 57.9 Å². The monoisotopic (exact) mass is 502 g/mol. The Morgan fingerprint density at radius 3 is 2.44 bits per heavy atom. The summed E-state index contributed by atoms with van der Waals surface area (Å²) in [5.41, 5.74) is 0.211. The summed E-state index contributed by atoms with van der Waals surface area (Å²) < 4.78 is 53.8. The molecule has 1 unspecified atom stereocenters. The zero-order chi connectivity index (χ0) is 25.6. The smallest absolute Gasteiger partial charge is 0.418 e. The predicted octanol–water partition coefficient (Wildman–Crippen LogP) is 3.47. The van der Waals surface area contributed by atoms with Crippen molar-refractivity contribution >= 4 is 11.4 Å². The highest BCUT2D eigenvalue weighted by atomic mass is 19.4. The molecule has 2 N–H and O–H groups in total. The van der Waals surface area contributed by atoms with E-state index in [2.05, 4.69) is 10.4 Å². The summed E-state index contributed by atoms with van der Waals surface area (Å²) in [6.07, 6.45) is -4.27. The van der Waals surface area contributed by atoms with E-state index in [-0.39, 0.29) is 11.4 Å². The van der Waals surface area contributed by atoms with Gasteiger partial charge in [-0.15, -0.1) is 0 Å². The lowest BCUT2D eigenvalue weighted by molar-refractivity contribution is -0.137. The minimum Gasteiger partial charge on any atom is -0.497 e. The zero-order valence-electron chi connectivity index (χ0n) is 19.7. The van der Waals surface area contributed by atoms with Gasteiger partial charge in [-0.25, -0.2) is 0 Å². The molecule has 1 aromatic heterocycles. The van der Waals surface area contributed by atoms with Crippen LogP contribution in [0.25, 0.3) is 16.9 Å². The fourth-order valence-corrected chi connectivity index (χ4v) is 4.74. The normalized spacial score (nSPS) is 17.2. The lowest BCUT2D eigenvalue weighted by Crippen LogP contribution is -2.28. The average Bonchev–Trinajstić information content (AvgIpc) is 3.53. The largest absolute Gasteiger partial charge is 0.497 e. The number of hydrogen-bond acceptors (Lipinski definition) is 7. The molecule has 0 bridgehead atoms. The molecule has 3 aromatic rings. The molecule has 3 heterocycles. The number of methoxy groups -OCH3 is 2. The van der Waals surface area contributed by atoms with Gasteiger partial charge in [0.2, 0.25) is 0 Å². The highest BCUT2D eigenvalue weighted by molar-refractivity contribution is 5.74. The van der Waals surface area contributed by atoms with Gasteiger partial charge < -0.3 is 24.8 Å². The van der Waals surface area contributed by atoms with Gasteiger partial charge in [-0.1, -0.05) is 0 Å². The number of hydrogen-bond donors (Lipinski definition) is 2. The molecule has 11 heteroatoms. The Bertz CT molecular complexity index is 1350. The number of nitrogens with zero attached hydrogens (tertiary/aromatic N) is 3. The quantitative estimate of drug-likeness (QED) is 0.552. The third-order valence-electron chi connectivity index (χ3n) is 6.54. The molecule has 5 rings (SSSR count). The number of halogens is 3. The Morgan fingerprint density at radius 2 is 1.83 bits per heavy atom. The Morgan fingerprint density at radius 1 is 1.11 bits per heavy atom. The van der Waals surface area contributed by atoms with E-state index in [1.165, 1.54) is 26.4 Å². The van der Waals surface area contributed by atoms with Crippen molar-refractivity contribution in [3.63, 3.8) is 0 Å². The number of nitrogens with one attached hydrogen (secondary N) is 1. The fraction of sp³-hybridized carbons (Fsp3) is 0.360. The molecule has 2 aromatic carbocycles. The lowest BCUT2D eigenvalue weighted by atomic mass is 10.0. The molecule has 190 valence electrons. The number of benzene rings is 2. The zero-order valence-corrected chi connectivity index (χ0v) is 19.7. The fourth-order valence-electron chi connectivity index (χ4n) is 4.74. The topological polar surface area (TPSA) is 88.8 Å². The molecule has 0 aliphatic carbocycles. The van der Waals surface area contributed by atoms with Gasteiger partial charge in [0, 0.05) is 42.5 Å². The van der Waals surface area contributed by atoms with E-state index in [9.17, 15) is 23.1 Å². The van der Waals surface area contributed by atoms with E-state index in [4.69, 9.17) is 9.47 Å². The van der Waals surface area contributed by atoms with Gasteiger partial charge in [0.25, 0.3) is 5.56 Å². The number of alkyl halides is 3. The van der Waals surface area contributed by atoms with Crippen LogP contribution in [0.15, 0.2) is 41.2 Å². The molecular weight excluding hydrogens is 477 g/mol. The first-order valence-electron chi connectivity index (χ1n) is 11.5. The second-order valence-corrected chi connectivity index (χ2v) is 8.78. The van der Waals surface area contributed by atoms with Crippen molar-refractivity contribution < 1.29 is 27.8 Å². The van der Waals surface area contributed by atoms with Crippen molar-refractivity contribution in [3.8, 4) is 28.4 Å². The van der Waals surface area contributed by atoms with Crippen molar-refractivity contribution in [2.75, 3.05) is 44.1 Å². The number of aliphatic hydroxyl groups is 1. The number of rotatable bonds is 5. The van der Waals surface area contributed by atoms with Gasteiger partial charge in [0.1, 0.15) is 17.2 Å². The van der Waals surface area contributed by atoms with E-state index in [0.29, 0.717) is 66.5 Å². The third kappa shape index (κ3) is 4.23. The number of aromatic nitrogens is 2. The van der Waals surface area contributed by atoms with E-state index in [1.807, 2.05) is 0 Å². The van der Waals surface area contributed by atoms with Gasteiger partial charge in [0.05, 0.1) is 37.3 Å². The summed E-state index contributed by atoms with van der Waals surface area (Å²) in [7, 11) is 2.99. The second-order valence-electron chi connectivity index (χ2n) is 8.78. The Labute approximate surface area is 204 Å². The van der Waals surface area contributed by atoms with Crippen LogP contribution < -0.4 is 25.2 Å². The summed E-state index contributed by atoms with van der Waals surface area (Å²) in [4.78, 5) is 15.2. The SMILES string of the molecule is COc1cc(OC)cc(-c2nn(-c3cc(N4CCC(O)C4)ccc3C(F)(F)F)c(=O)c3c2CCN3)c1. The van der Waals surface area contributed by atoms with E-state index >= 15 is 0 Å². The van der Waals surface area contributed by atoms with Crippen LogP contribution in [0.1, 0.15) is 17.5 Å². The van der Waals surface area contributed by atoms with Gasteiger partial charge in [-0.3, -0.25) is 4.79 Å². The van der Waals surface area contributed by atoms with E-state index in [1.54, 1.807) is 23.1 Å². The maximum atomic E-state index is 14.1. The molecule has 0 saturated carbocycles. The predicted molar refractivity (Wildman–Crippen MR) is 128 cm³/mol. The Kier molecular flexibility index (Phi) is 6.03. The first kappa shape index (κ1) is 24.0.